The first-order valence-electron chi connectivity index (χ1n) is 6.75. The molecule has 0 aromatic carbocycles. The topological polar surface area (TPSA) is 75.9 Å². The molecule has 2 rings (SSSR count). The molecule has 0 spiro atoms. The summed E-state index contributed by atoms with van der Waals surface area (Å²) in [6.07, 6.45) is 1.56. The molecule has 0 atom stereocenters. The summed E-state index contributed by atoms with van der Waals surface area (Å²) in [7, 11) is 0. The third-order valence-corrected chi connectivity index (χ3v) is 2.70. The molecule has 6 heteroatoms. The smallest absolute Gasteiger partial charge is 0.138 e. The molecule has 0 radical (unpaired) electrons. The van der Waals surface area contributed by atoms with E-state index in [2.05, 4.69) is 46.5 Å². The summed E-state index contributed by atoms with van der Waals surface area (Å²) in [6.45, 7) is 9.73. The summed E-state index contributed by atoms with van der Waals surface area (Å²) < 4.78 is 4.81. The normalized spacial score (nSPS) is 11.4. The van der Waals surface area contributed by atoms with E-state index in [0.717, 1.165) is 29.7 Å². The Kier molecular flexibility index (Phi) is 4.22. The average Bonchev–Trinajstić information content (AvgIpc) is 2.88. The minimum atomic E-state index is -0.101. The van der Waals surface area contributed by atoms with Crippen molar-refractivity contribution >= 4 is 11.6 Å². The van der Waals surface area contributed by atoms with E-state index in [9.17, 15) is 0 Å². The van der Waals surface area contributed by atoms with E-state index in [1.807, 2.05) is 19.1 Å². The van der Waals surface area contributed by atoms with Crippen molar-refractivity contribution in [2.75, 3.05) is 17.2 Å². The van der Waals surface area contributed by atoms with Gasteiger partial charge in [-0.2, -0.15) is 0 Å². The van der Waals surface area contributed by atoms with Gasteiger partial charge >= 0.3 is 0 Å². The molecule has 0 saturated heterocycles. The van der Waals surface area contributed by atoms with Gasteiger partial charge in [-0.1, -0.05) is 25.9 Å². The Morgan fingerprint density at radius 3 is 2.40 bits per heavy atom. The van der Waals surface area contributed by atoms with Crippen molar-refractivity contribution in [1.29, 1.82) is 0 Å². The van der Waals surface area contributed by atoms with Crippen molar-refractivity contribution in [2.45, 2.75) is 39.7 Å². The summed E-state index contributed by atoms with van der Waals surface area (Å²) in [5.41, 5.74) is 0.737. The van der Waals surface area contributed by atoms with Crippen LogP contribution in [0.25, 0.3) is 0 Å². The van der Waals surface area contributed by atoms with Crippen LogP contribution in [0.2, 0.25) is 0 Å². The molecule has 0 amide bonds. The minimum Gasteiger partial charge on any atom is -0.370 e. The first kappa shape index (κ1) is 14.3. The fourth-order valence-corrected chi connectivity index (χ4v) is 1.65. The zero-order valence-electron chi connectivity index (χ0n) is 12.4. The molecular formula is C14H21N5O. The monoisotopic (exact) mass is 275 g/mol. The third-order valence-electron chi connectivity index (χ3n) is 2.70. The van der Waals surface area contributed by atoms with E-state index >= 15 is 0 Å². The first-order chi connectivity index (χ1) is 9.49. The van der Waals surface area contributed by atoms with E-state index in [1.54, 1.807) is 6.26 Å². The van der Waals surface area contributed by atoms with Crippen LogP contribution >= 0.6 is 0 Å². The second kappa shape index (κ2) is 5.90. The first-order valence-corrected chi connectivity index (χ1v) is 6.75. The van der Waals surface area contributed by atoms with Crippen LogP contribution in [0, 0.1) is 0 Å². The van der Waals surface area contributed by atoms with E-state index in [1.165, 1.54) is 0 Å². The predicted octanol–water partition coefficient (Wildman–Crippen LogP) is 2.81. The molecule has 6 nitrogen and oxygen atoms in total. The largest absolute Gasteiger partial charge is 0.370 e. The molecule has 0 aliphatic carbocycles. The van der Waals surface area contributed by atoms with Crippen molar-refractivity contribution in [3.8, 4) is 0 Å². The Labute approximate surface area is 119 Å². The lowest BCUT2D eigenvalue weighted by Crippen LogP contribution is -2.18. The molecule has 0 fully saturated rings. The van der Waals surface area contributed by atoms with E-state index < -0.39 is 0 Å². The van der Waals surface area contributed by atoms with Crippen molar-refractivity contribution in [1.82, 2.24) is 15.1 Å². The van der Waals surface area contributed by atoms with Crippen LogP contribution in [0.4, 0.5) is 11.6 Å². The number of nitrogens with zero attached hydrogens (tertiary/aromatic N) is 3. The van der Waals surface area contributed by atoms with E-state index in [-0.39, 0.29) is 5.41 Å². The molecule has 0 aliphatic rings. The number of aromatic nitrogens is 3. The summed E-state index contributed by atoms with van der Waals surface area (Å²) in [4.78, 5) is 9.11. The second-order valence-corrected chi connectivity index (χ2v) is 5.59. The highest BCUT2D eigenvalue weighted by Gasteiger charge is 2.19. The van der Waals surface area contributed by atoms with Crippen LogP contribution in [0.5, 0.6) is 0 Å². The maximum Gasteiger partial charge on any atom is 0.138 e. The summed E-state index contributed by atoms with van der Waals surface area (Å²) >= 11 is 0. The molecular weight excluding hydrogens is 254 g/mol. The Morgan fingerprint density at radius 1 is 1.15 bits per heavy atom. The van der Waals surface area contributed by atoms with Crippen LogP contribution in [0.1, 0.15) is 39.2 Å². The van der Waals surface area contributed by atoms with Crippen molar-refractivity contribution < 1.29 is 4.52 Å². The van der Waals surface area contributed by atoms with Gasteiger partial charge in [0.2, 0.25) is 0 Å². The highest BCUT2D eigenvalue weighted by molar-refractivity contribution is 5.48. The lowest BCUT2D eigenvalue weighted by atomic mass is 9.96. The van der Waals surface area contributed by atoms with Crippen LogP contribution in [0.15, 0.2) is 22.9 Å². The number of nitrogens with one attached hydrogen (secondary N) is 2. The highest BCUT2D eigenvalue weighted by atomic mass is 16.5. The lowest BCUT2D eigenvalue weighted by Gasteiger charge is -2.19. The maximum absolute atomic E-state index is 4.81. The van der Waals surface area contributed by atoms with Gasteiger partial charge in [0, 0.05) is 24.1 Å². The van der Waals surface area contributed by atoms with Gasteiger partial charge in [0.1, 0.15) is 29.4 Å². The second-order valence-electron chi connectivity index (χ2n) is 5.59. The standard InChI is InChI=1S/C14H21N5O/c1-5-15-11-8-12(16-9-10-6-7-20-19-10)18-13(17-11)14(2,3)4/h6-8H,5,9H2,1-4H3,(H2,15,16,17,18). The summed E-state index contributed by atoms with van der Waals surface area (Å²) in [6, 6.07) is 3.73. The molecule has 20 heavy (non-hydrogen) atoms. The molecule has 2 heterocycles. The van der Waals surface area contributed by atoms with Crippen molar-refractivity contribution in [3.05, 3.63) is 29.9 Å². The molecule has 2 aromatic rings. The van der Waals surface area contributed by atoms with E-state index in [4.69, 9.17) is 4.52 Å². The number of anilines is 2. The molecule has 0 bridgehead atoms. The summed E-state index contributed by atoms with van der Waals surface area (Å²) in [5.74, 6) is 2.41. The van der Waals surface area contributed by atoms with E-state index in [0.29, 0.717) is 6.54 Å². The SMILES string of the molecule is CCNc1cc(NCc2ccon2)nc(C(C)(C)C)n1. The zero-order valence-corrected chi connectivity index (χ0v) is 12.4. The van der Waals surface area contributed by atoms with Crippen LogP contribution in [-0.2, 0) is 12.0 Å². The van der Waals surface area contributed by atoms with Crippen LogP contribution in [0.3, 0.4) is 0 Å². The minimum absolute atomic E-state index is 0.101. The van der Waals surface area contributed by atoms with Gasteiger partial charge in [0.15, 0.2) is 0 Å². The van der Waals surface area contributed by atoms with Gasteiger partial charge in [-0.05, 0) is 6.92 Å². The number of hydrogen-bond acceptors (Lipinski definition) is 6. The third kappa shape index (κ3) is 3.69. The van der Waals surface area contributed by atoms with Gasteiger partial charge in [-0.25, -0.2) is 9.97 Å². The summed E-state index contributed by atoms with van der Waals surface area (Å²) in [5, 5.41) is 10.3. The van der Waals surface area contributed by atoms with Crippen molar-refractivity contribution in [3.63, 3.8) is 0 Å². The maximum atomic E-state index is 4.81. The fraction of sp³-hybridized carbons (Fsp3) is 0.500. The zero-order chi connectivity index (χ0) is 14.6. The molecule has 108 valence electrons. The predicted molar refractivity (Wildman–Crippen MR) is 78.7 cm³/mol. The van der Waals surface area contributed by atoms with Crippen molar-refractivity contribution in [2.24, 2.45) is 0 Å². The molecule has 2 N–H and O–H groups in total. The van der Waals surface area contributed by atoms with Crippen LogP contribution < -0.4 is 10.6 Å². The van der Waals surface area contributed by atoms with Gasteiger partial charge in [0.25, 0.3) is 0 Å². The van der Waals surface area contributed by atoms with Gasteiger partial charge in [-0.3, -0.25) is 0 Å². The Balaban J connectivity index is 2.20. The Hall–Kier alpha value is -2.11. The fourth-order valence-electron chi connectivity index (χ4n) is 1.65. The van der Waals surface area contributed by atoms with Gasteiger partial charge in [0.05, 0.1) is 6.54 Å². The van der Waals surface area contributed by atoms with Gasteiger partial charge < -0.3 is 15.2 Å². The number of hydrogen-bond donors (Lipinski definition) is 2. The molecule has 0 unspecified atom stereocenters. The highest BCUT2D eigenvalue weighted by Crippen LogP contribution is 2.22. The van der Waals surface area contributed by atoms with Crippen LogP contribution in [-0.4, -0.2) is 21.7 Å². The molecule has 0 aliphatic heterocycles. The average molecular weight is 275 g/mol. The Bertz CT molecular complexity index is 545. The molecule has 0 saturated carbocycles. The lowest BCUT2D eigenvalue weighted by molar-refractivity contribution is 0.412. The number of rotatable bonds is 5. The Morgan fingerprint density at radius 2 is 1.85 bits per heavy atom. The quantitative estimate of drug-likeness (QED) is 0.874. The molecule has 2 aromatic heterocycles. The van der Waals surface area contributed by atoms with Gasteiger partial charge in [-0.15, -0.1) is 0 Å².